The fourth-order valence-corrected chi connectivity index (χ4v) is 5.61. The monoisotopic (exact) mass is 453 g/mol. The second-order valence-electron chi connectivity index (χ2n) is 9.42. The van der Waals surface area contributed by atoms with Crippen LogP contribution in [0.25, 0.3) is 10.9 Å². The van der Waals surface area contributed by atoms with E-state index in [1.54, 1.807) is 17.0 Å². The van der Waals surface area contributed by atoms with Crippen molar-refractivity contribution < 1.29 is 13.2 Å². The molecule has 1 aromatic heterocycles. The van der Waals surface area contributed by atoms with E-state index in [4.69, 9.17) is 0 Å². The highest BCUT2D eigenvalue weighted by atomic mass is 32.2. The zero-order valence-corrected chi connectivity index (χ0v) is 19.8. The molecule has 0 unspecified atom stereocenters. The normalized spacial score (nSPS) is 15.9. The SMILES string of the molecule is CC(C)(C)c1ccc(S(=O)(=O)N2CCN(C(=O)CCc3c[nH]c4ccccc34)CC2)cc1. The number of aryl methyl sites for hydroxylation is 1. The Hall–Kier alpha value is -2.64. The Balaban J connectivity index is 1.34. The van der Waals surface area contributed by atoms with Crippen molar-refractivity contribution in [1.82, 2.24) is 14.2 Å². The highest BCUT2D eigenvalue weighted by Gasteiger charge is 2.30. The fraction of sp³-hybridized carbons (Fsp3) is 0.400. The van der Waals surface area contributed by atoms with Crippen LogP contribution in [0.1, 0.15) is 38.3 Å². The van der Waals surface area contributed by atoms with Gasteiger partial charge in [-0.15, -0.1) is 0 Å². The summed E-state index contributed by atoms with van der Waals surface area (Å²) in [4.78, 5) is 18.1. The van der Waals surface area contributed by atoms with E-state index in [1.807, 2.05) is 36.5 Å². The number of amides is 1. The van der Waals surface area contributed by atoms with Gasteiger partial charge in [-0.25, -0.2) is 8.42 Å². The van der Waals surface area contributed by atoms with E-state index in [1.165, 1.54) is 4.31 Å². The molecular weight excluding hydrogens is 422 g/mol. The van der Waals surface area contributed by atoms with Crippen molar-refractivity contribution in [3.8, 4) is 0 Å². The molecule has 170 valence electrons. The Morgan fingerprint density at radius 1 is 0.969 bits per heavy atom. The third kappa shape index (κ3) is 4.59. The van der Waals surface area contributed by atoms with Gasteiger partial charge in [-0.05, 0) is 41.2 Å². The molecule has 1 aliphatic heterocycles. The molecule has 2 heterocycles. The molecule has 0 radical (unpaired) electrons. The number of benzene rings is 2. The number of hydrogen-bond acceptors (Lipinski definition) is 3. The summed E-state index contributed by atoms with van der Waals surface area (Å²) >= 11 is 0. The number of nitrogens with zero attached hydrogens (tertiary/aromatic N) is 2. The van der Waals surface area contributed by atoms with E-state index in [0.717, 1.165) is 22.0 Å². The number of para-hydroxylation sites is 1. The molecule has 1 amide bonds. The Labute approximate surface area is 190 Å². The van der Waals surface area contributed by atoms with Crippen molar-refractivity contribution >= 4 is 26.8 Å². The fourth-order valence-electron chi connectivity index (χ4n) is 4.19. The van der Waals surface area contributed by atoms with Gasteiger partial charge in [0.05, 0.1) is 4.90 Å². The lowest BCUT2D eigenvalue weighted by atomic mass is 9.87. The molecule has 2 aromatic carbocycles. The topological polar surface area (TPSA) is 73.5 Å². The van der Waals surface area contributed by atoms with Gasteiger partial charge in [0.15, 0.2) is 0 Å². The van der Waals surface area contributed by atoms with E-state index in [-0.39, 0.29) is 11.3 Å². The van der Waals surface area contributed by atoms with Gasteiger partial charge in [0.25, 0.3) is 0 Å². The van der Waals surface area contributed by atoms with Crippen LogP contribution in [0.4, 0.5) is 0 Å². The standard InChI is InChI=1S/C25H31N3O3S/c1-25(2,3)20-9-11-21(12-10-20)32(30,31)28-16-14-27(15-17-28)24(29)13-8-19-18-26-23-7-5-4-6-22(19)23/h4-7,9-12,18,26H,8,13-17H2,1-3H3. The number of carbonyl (C=O) groups is 1. The Kier molecular flexibility index (Phi) is 6.14. The van der Waals surface area contributed by atoms with Crippen LogP contribution in [0.3, 0.4) is 0 Å². The quantitative estimate of drug-likeness (QED) is 0.636. The first-order chi connectivity index (χ1) is 15.2. The predicted molar refractivity (Wildman–Crippen MR) is 127 cm³/mol. The molecule has 4 rings (SSSR count). The highest BCUT2D eigenvalue weighted by molar-refractivity contribution is 7.89. The zero-order valence-electron chi connectivity index (χ0n) is 19.0. The average Bonchev–Trinajstić information content (AvgIpc) is 3.20. The number of rotatable bonds is 5. The average molecular weight is 454 g/mol. The van der Waals surface area contributed by atoms with Crippen molar-refractivity contribution in [3.63, 3.8) is 0 Å². The molecule has 1 aliphatic rings. The third-order valence-corrected chi connectivity index (χ3v) is 8.15. The van der Waals surface area contributed by atoms with Crippen LogP contribution in [-0.2, 0) is 26.7 Å². The van der Waals surface area contributed by atoms with Gasteiger partial charge in [-0.1, -0.05) is 51.1 Å². The highest BCUT2D eigenvalue weighted by Crippen LogP contribution is 2.25. The first-order valence-corrected chi connectivity index (χ1v) is 12.5. The summed E-state index contributed by atoms with van der Waals surface area (Å²) in [6.07, 6.45) is 3.05. The lowest BCUT2D eigenvalue weighted by molar-refractivity contribution is -0.132. The number of fused-ring (bicyclic) bond motifs is 1. The maximum Gasteiger partial charge on any atom is 0.243 e. The van der Waals surface area contributed by atoms with Gasteiger partial charge in [-0.2, -0.15) is 4.31 Å². The van der Waals surface area contributed by atoms with Crippen molar-refractivity contribution in [2.45, 2.75) is 43.9 Å². The summed E-state index contributed by atoms with van der Waals surface area (Å²) in [5.41, 5.74) is 3.28. The van der Waals surface area contributed by atoms with E-state index in [2.05, 4.69) is 31.8 Å². The smallest absolute Gasteiger partial charge is 0.243 e. The zero-order chi connectivity index (χ0) is 22.9. The summed E-state index contributed by atoms with van der Waals surface area (Å²) in [5, 5.41) is 1.15. The molecule has 0 spiro atoms. The van der Waals surface area contributed by atoms with Crippen LogP contribution in [-0.4, -0.2) is 54.7 Å². The number of sulfonamides is 1. The van der Waals surface area contributed by atoms with E-state index < -0.39 is 10.0 Å². The molecule has 3 aromatic rings. The summed E-state index contributed by atoms with van der Waals surface area (Å²) in [5.74, 6) is 0.0712. The molecule has 32 heavy (non-hydrogen) atoms. The minimum atomic E-state index is -3.55. The molecule has 1 saturated heterocycles. The number of H-pyrrole nitrogens is 1. The van der Waals surface area contributed by atoms with Crippen LogP contribution < -0.4 is 0 Å². The molecule has 0 atom stereocenters. The molecule has 0 aliphatic carbocycles. The maximum absolute atomic E-state index is 13.0. The van der Waals surface area contributed by atoms with Crippen molar-refractivity contribution in [1.29, 1.82) is 0 Å². The van der Waals surface area contributed by atoms with Gasteiger partial charge in [0, 0.05) is 49.7 Å². The van der Waals surface area contributed by atoms with Crippen LogP contribution in [0, 0.1) is 0 Å². The lowest BCUT2D eigenvalue weighted by Gasteiger charge is -2.34. The molecule has 1 N–H and O–H groups in total. The van der Waals surface area contributed by atoms with Crippen molar-refractivity contribution in [2.24, 2.45) is 0 Å². The Morgan fingerprint density at radius 2 is 1.62 bits per heavy atom. The molecule has 1 fully saturated rings. The summed E-state index contributed by atoms with van der Waals surface area (Å²) < 4.78 is 27.6. The number of aromatic nitrogens is 1. The Morgan fingerprint density at radius 3 is 2.28 bits per heavy atom. The van der Waals surface area contributed by atoms with Gasteiger partial charge in [-0.3, -0.25) is 4.79 Å². The molecule has 0 bridgehead atoms. The summed E-state index contributed by atoms with van der Waals surface area (Å²) in [7, 11) is -3.55. The second-order valence-corrected chi connectivity index (χ2v) is 11.4. The molecule has 7 heteroatoms. The first kappa shape index (κ1) is 22.6. The number of aromatic amines is 1. The predicted octanol–water partition coefficient (Wildman–Crippen LogP) is 3.93. The number of hydrogen-bond donors (Lipinski definition) is 1. The molecule has 6 nitrogen and oxygen atoms in total. The Bertz CT molecular complexity index is 1200. The van der Waals surface area contributed by atoms with Crippen LogP contribution in [0.2, 0.25) is 0 Å². The van der Waals surface area contributed by atoms with Crippen LogP contribution in [0.5, 0.6) is 0 Å². The minimum absolute atomic E-state index is 0.0268. The number of nitrogens with one attached hydrogen (secondary N) is 1. The van der Waals surface area contributed by atoms with Crippen LogP contribution >= 0.6 is 0 Å². The largest absolute Gasteiger partial charge is 0.361 e. The first-order valence-electron chi connectivity index (χ1n) is 11.1. The van der Waals surface area contributed by atoms with Gasteiger partial charge in [0.1, 0.15) is 0 Å². The van der Waals surface area contributed by atoms with Crippen molar-refractivity contribution in [3.05, 3.63) is 65.9 Å². The van der Waals surface area contributed by atoms with Crippen molar-refractivity contribution in [2.75, 3.05) is 26.2 Å². The lowest BCUT2D eigenvalue weighted by Crippen LogP contribution is -2.50. The van der Waals surface area contributed by atoms with E-state index in [9.17, 15) is 13.2 Å². The minimum Gasteiger partial charge on any atom is -0.361 e. The van der Waals surface area contributed by atoms with E-state index >= 15 is 0 Å². The number of carbonyl (C=O) groups excluding carboxylic acids is 1. The molecular formula is C25H31N3O3S. The van der Waals surface area contributed by atoms with Gasteiger partial charge in [0.2, 0.25) is 15.9 Å². The summed E-state index contributed by atoms with van der Waals surface area (Å²) in [6.45, 7) is 7.80. The second kappa shape index (κ2) is 8.71. The summed E-state index contributed by atoms with van der Waals surface area (Å²) in [6, 6.07) is 15.2. The van der Waals surface area contributed by atoms with Gasteiger partial charge >= 0.3 is 0 Å². The maximum atomic E-state index is 13.0. The molecule has 0 saturated carbocycles. The third-order valence-electron chi connectivity index (χ3n) is 6.23. The number of piperazine rings is 1. The van der Waals surface area contributed by atoms with Crippen LogP contribution in [0.15, 0.2) is 59.6 Å². The van der Waals surface area contributed by atoms with Gasteiger partial charge < -0.3 is 9.88 Å². The van der Waals surface area contributed by atoms with E-state index in [0.29, 0.717) is 43.9 Å².